The van der Waals surface area contributed by atoms with Gasteiger partial charge in [0.25, 0.3) is 5.69 Å². The minimum Gasteiger partial charge on any atom is -0.497 e. The molecular weight excluding hydrogens is 416 g/mol. The van der Waals surface area contributed by atoms with Crippen LogP contribution in [0.2, 0.25) is 0 Å². The first-order valence-electron chi connectivity index (χ1n) is 10.9. The highest BCUT2D eigenvalue weighted by Crippen LogP contribution is 2.31. The average Bonchev–Trinajstić information content (AvgIpc) is 3.31. The molecule has 0 saturated carbocycles. The molecule has 0 radical (unpaired) electrons. The van der Waals surface area contributed by atoms with Gasteiger partial charge in [-0.15, -0.1) is 5.43 Å². The Balaban J connectivity index is 1.53. The van der Waals surface area contributed by atoms with Crippen LogP contribution < -0.4 is 20.6 Å². The lowest BCUT2D eigenvalue weighted by atomic mass is 10.1. The third-order valence-electron chi connectivity index (χ3n) is 5.86. The van der Waals surface area contributed by atoms with Crippen molar-refractivity contribution < 1.29 is 14.2 Å². The monoisotopic (exact) mass is 447 g/mol. The zero-order valence-electron chi connectivity index (χ0n) is 19.7. The van der Waals surface area contributed by atoms with Crippen molar-refractivity contribution in [3.05, 3.63) is 53.3 Å². The number of hydrazone groups is 1. The Bertz CT molecular complexity index is 1360. The zero-order valence-corrected chi connectivity index (χ0v) is 19.7. The third kappa shape index (κ3) is 4.37. The molecular formula is C25H31N6O2+. The molecule has 5 N–H and O–H groups in total. The number of hydrazine groups is 1. The molecule has 8 nitrogen and oxygen atoms in total. The highest BCUT2D eigenvalue weighted by atomic mass is 16.5. The molecule has 0 spiro atoms. The normalized spacial score (nSPS) is 12.5. The average molecular weight is 448 g/mol. The third-order valence-corrected chi connectivity index (χ3v) is 5.86. The van der Waals surface area contributed by atoms with E-state index in [4.69, 9.17) is 15.2 Å². The molecule has 33 heavy (non-hydrogen) atoms. The largest absolute Gasteiger partial charge is 0.497 e. The first kappa shape index (κ1) is 22.3. The number of aliphatic imine (C=N–C) groups is 1. The molecule has 0 aliphatic carbocycles. The predicted octanol–water partition coefficient (Wildman–Crippen LogP) is 4.08. The summed E-state index contributed by atoms with van der Waals surface area (Å²) < 4.78 is 12.7. The fourth-order valence-electron chi connectivity index (χ4n) is 4.24. The van der Waals surface area contributed by atoms with Gasteiger partial charge in [0, 0.05) is 30.1 Å². The van der Waals surface area contributed by atoms with E-state index in [1.165, 1.54) is 5.56 Å². The van der Waals surface area contributed by atoms with Crippen LogP contribution in [0, 0.1) is 13.8 Å². The van der Waals surface area contributed by atoms with Crippen molar-refractivity contribution in [3.8, 4) is 11.5 Å². The van der Waals surface area contributed by atoms with E-state index in [0.717, 1.165) is 56.8 Å². The summed E-state index contributed by atoms with van der Waals surface area (Å²) in [6.07, 6.45) is 2.69. The molecule has 0 saturated heterocycles. The SMILES string of the molecule is CC=[N+](NC(N)=NCCc1c(C)[nH]c2ccc(OC)cc12)c1c(C)[nH]c2ccc(OC)cc12. The van der Waals surface area contributed by atoms with Crippen molar-refractivity contribution >= 4 is 39.7 Å². The number of fused-ring (bicyclic) bond motifs is 2. The molecule has 2 aromatic heterocycles. The van der Waals surface area contributed by atoms with E-state index in [1.807, 2.05) is 55.1 Å². The molecule has 0 bridgehead atoms. The van der Waals surface area contributed by atoms with Crippen LogP contribution >= 0.6 is 0 Å². The maximum atomic E-state index is 6.26. The van der Waals surface area contributed by atoms with Gasteiger partial charge in [-0.3, -0.25) is 0 Å². The number of guanidine groups is 1. The smallest absolute Gasteiger partial charge is 0.263 e. The summed E-state index contributed by atoms with van der Waals surface area (Å²) in [7, 11) is 3.34. The zero-order chi connectivity index (χ0) is 23.5. The second-order valence-electron chi connectivity index (χ2n) is 7.91. The van der Waals surface area contributed by atoms with Crippen LogP contribution in [-0.4, -0.2) is 47.6 Å². The molecule has 8 heteroatoms. The Morgan fingerprint density at radius 1 is 1.00 bits per heavy atom. The highest BCUT2D eigenvalue weighted by Gasteiger charge is 2.21. The van der Waals surface area contributed by atoms with E-state index in [2.05, 4.69) is 33.4 Å². The first-order chi connectivity index (χ1) is 15.9. The van der Waals surface area contributed by atoms with Crippen molar-refractivity contribution in [3.63, 3.8) is 0 Å². The van der Waals surface area contributed by atoms with E-state index in [9.17, 15) is 0 Å². The molecule has 0 fully saturated rings. The summed E-state index contributed by atoms with van der Waals surface area (Å²) in [5, 5.41) is 2.19. The number of nitrogens with zero attached hydrogens (tertiary/aromatic N) is 2. The number of ether oxygens (including phenoxy) is 2. The number of hydrogen-bond donors (Lipinski definition) is 4. The Morgan fingerprint density at radius 3 is 2.24 bits per heavy atom. The Labute approximate surface area is 193 Å². The number of rotatable bonds is 7. The highest BCUT2D eigenvalue weighted by molar-refractivity contribution is 5.92. The molecule has 2 aromatic carbocycles. The van der Waals surface area contributed by atoms with E-state index >= 15 is 0 Å². The van der Waals surface area contributed by atoms with Gasteiger partial charge in [-0.2, -0.15) is 0 Å². The minimum absolute atomic E-state index is 0.347. The van der Waals surface area contributed by atoms with E-state index in [-0.39, 0.29) is 0 Å². The topological polar surface area (TPSA) is 103 Å². The lowest BCUT2D eigenvalue weighted by Crippen LogP contribution is -2.38. The fourth-order valence-corrected chi connectivity index (χ4v) is 4.24. The van der Waals surface area contributed by atoms with Gasteiger partial charge in [0.1, 0.15) is 11.5 Å². The summed E-state index contributed by atoms with van der Waals surface area (Å²) in [4.78, 5) is 11.4. The van der Waals surface area contributed by atoms with Crippen LogP contribution in [0.25, 0.3) is 21.8 Å². The van der Waals surface area contributed by atoms with Gasteiger partial charge in [-0.25, -0.2) is 4.99 Å². The van der Waals surface area contributed by atoms with Gasteiger partial charge in [-0.05, 0) is 62.2 Å². The van der Waals surface area contributed by atoms with Gasteiger partial charge < -0.3 is 25.2 Å². The second-order valence-corrected chi connectivity index (χ2v) is 7.91. The molecule has 4 aromatic rings. The van der Waals surface area contributed by atoms with Crippen molar-refractivity contribution in [1.29, 1.82) is 0 Å². The van der Waals surface area contributed by atoms with E-state index in [1.54, 1.807) is 14.2 Å². The van der Waals surface area contributed by atoms with Crippen molar-refractivity contribution in [2.75, 3.05) is 20.8 Å². The van der Waals surface area contributed by atoms with Gasteiger partial charge in [0.15, 0.2) is 6.21 Å². The van der Waals surface area contributed by atoms with Crippen LogP contribution in [-0.2, 0) is 6.42 Å². The summed E-state index contributed by atoms with van der Waals surface area (Å²) in [6, 6.07) is 12.0. The van der Waals surface area contributed by atoms with Crippen LogP contribution in [0.3, 0.4) is 0 Å². The molecule has 4 rings (SSSR count). The Hall–Kier alpha value is -3.94. The number of benzene rings is 2. The Morgan fingerprint density at radius 2 is 1.61 bits per heavy atom. The van der Waals surface area contributed by atoms with Crippen molar-refractivity contribution in [2.45, 2.75) is 27.2 Å². The first-order valence-corrected chi connectivity index (χ1v) is 10.9. The van der Waals surface area contributed by atoms with Crippen molar-refractivity contribution in [2.24, 2.45) is 10.7 Å². The number of hydrogen-bond acceptors (Lipinski definition) is 3. The standard InChI is InChI=1S/C25H31N6O2/c1-6-31(24-16(3)29-23-10-8-18(33-5)14-21(23)24)30-25(26)27-12-11-19-15(2)28-22-9-7-17(32-4)13-20(19)22/h6-10,13-14,28-29H,11-12H2,1-5H3,(H3,26,27,30)/q+1. The number of methoxy groups -OCH3 is 2. The summed E-state index contributed by atoms with van der Waals surface area (Å²) in [5.74, 6) is 1.98. The Kier molecular flexibility index (Phi) is 6.26. The molecule has 172 valence electrons. The maximum Gasteiger partial charge on any atom is 0.263 e. The molecule has 0 amide bonds. The van der Waals surface area contributed by atoms with Gasteiger partial charge in [0.05, 0.1) is 30.8 Å². The van der Waals surface area contributed by atoms with Crippen LogP contribution in [0.5, 0.6) is 11.5 Å². The molecule has 2 heterocycles. The van der Waals surface area contributed by atoms with Crippen LogP contribution in [0.1, 0.15) is 23.9 Å². The molecule has 0 aliphatic rings. The number of nitrogens with one attached hydrogen (secondary N) is 3. The number of aromatic amines is 2. The predicted molar refractivity (Wildman–Crippen MR) is 134 cm³/mol. The van der Waals surface area contributed by atoms with Crippen LogP contribution in [0.4, 0.5) is 5.69 Å². The molecule has 0 atom stereocenters. The van der Waals surface area contributed by atoms with E-state index in [0.29, 0.717) is 12.5 Å². The minimum atomic E-state index is 0.347. The van der Waals surface area contributed by atoms with Gasteiger partial charge >= 0.3 is 0 Å². The van der Waals surface area contributed by atoms with Gasteiger partial charge in [-0.1, -0.05) is 4.68 Å². The quantitative estimate of drug-likeness (QED) is 0.148. The number of H-pyrrole nitrogens is 2. The lowest BCUT2D eigenvalue weighted by Gasteiger charge is -2.06. The summed E-state index contributed by atoms with van der Waals surface area (Å²) in [5.41, 5.74) is 15.9. The summed E-state index contributed by atoms with van der Waals surface area (Å²) >= 11 is 0. The fraction of sp³-hybridized carbons (Fsp3) is 0.280. The summed E-state index contributed by atoms with van der Waals surface area (Å²) in [6.45, 7) is 6.61. The van der Waals surface area contributed by atoms with E-state index < -0.39 is 0 Å². The lowest BCUT2D eigenvalue weighted by molar-refractivity contribution is -0.482. The molecule has 0 aliphatic heterocycles. The maximum absolute atomic E-state index is 6.26. The molecule has 0 unspecified atom stereocenters. The van der Waals surface area contributed by atoms with Gasteiger partial charge in [0.2, 0.25) is 5.96 Å². The number of aryl methyl sites for hydroxylation is 2. The number of nitrogens with two attached hydrogens (primary N) is 1. The van der Waals surface area contributed by atoms with Crippen molar-refractivity contribution in [1.82, 2.24) is 15.4 Å². The van der Waals surface area contributed by atoms with Crippen LogP contribution in [0.15, 0.2) is 41.4 Å². The second kappa shape index (κ2) is 9.28. The number of aromatic nitrogens is 2.